The van der Waals surface area contributed by atoms with Crippen LogP contribution in [0.4, 0.5) is 0 Å². The Morgan fingerprint density at radius 2 is 1.65 bits per heavy atom. The van der Waals surface area contributed by atoms with E-state index in [0.29, 0.717) is 17.7 Å². The summed E-state index contributed by atoms with van der Waals surface area (Å²) in [6, 6.07) is 12.2. The van der Waals surface area contributed by atoms with Gasteiger partial charge in [0.15, 0.2) is 0 Å². The van der Waals surface area contributed by atoms with Crippen LogP contribution in [-0.4, -0.2) is 13.6 Å². The number of benzene rings is 1. The Kier molecular flexibility index (Phi) is 21.8. The van der Waals surface area contributed by atoms with Gasteiger partial charge in [-0.25, -0.2) is 0 Å². The number of carbonyl (C=O) groups excluding carboxylic acids is 1. The maximum absolute atomic E-state index is 8.95. The van der Waals surface area contributed by atoms with E-state index in [4.69, 9.17) is 15.8 Å². The van der Waals surface area contributed by atoms with Gasteiger partial charge in [-0.15, -0.1) is 0 Å². The van der Waals surface area contributed by atoms with E-state index in [1.807, 2.05) is 38.1 Å². The molecule has 0 atom stereocenters. The van der Waals surface area contributed by atoms with E-state index in [0.717, 1.165) is 0 Å². The van der Waals surface area contributed by atoms with Crippen LogP contribution >= 0.6 is 0 Å². The SMILES string of the molecule is C/C(N)=C(\C)C#N.CC.COC=O.Cc1ccccc1. The third kappa shape index (κ3) is 21.1. The number of nitriles is 1. The highest BCUT2D eigenvalue weighted by molar-refractivity contribution is 5.36. The predicted molar refractivity (Wildman–Crippen MR) is 83.8 cm³/mol. The molecule has 0 spiro atoms. The van der Waals surface area contributed by atoms with E-state index < -0.39 is 0 Å². The highest BCUT2D eigenvalue weighted by Gasteiger charge is 1.83. The van der Waals surface area contributed by atoms with Gasteiger partial charge in [-0.2, -0.15) is 5.26 Å². The zero-order valence-corrected chi connectivity index (χ0v) is 13.3. The topological polar surface area (TPSA) is 76.1 Å². The second kappa shape index (κ2) is 19.1. The molecule has 0 aliphatic carbocycles. The zero-order chi connectivity index (χ0) is 16.4. The molecule has 4 heteroatoms. The summed E-state index contributed by atoms with van der Waals surface area (Å²) in [7, 11) is 1.31. The molecule has 0 saturated heterocycles. The Morgan fingerprint density at radius 1 is 1.25 bits per heavy atom. The molecule has 0 fully saturated rings. The predicted octanol–water partition coefficient (Wildman–Crippen LogP) is 3.57. The highest BCUT2D eigenvalue weighted by atomic mass is 16.5. The van der Waals surface area contributed by atoms with Gasteiger partial charge in [-0.1, -0.05) is 49.7 Å². The minimum Gasteiger partial charge on any atom is -0.471 e. The van der Waals surface area contributed by atoms with Gasteiger partial charge in [0.1, 0.15) is 0 Å². The first kappa shape index (κ1) is 22.9. The van der Waals surface area contributed by atoms with E-state index >= 15 is 0 Å². The number of rotatable bonds is 1. The molecule has 0 saturated carbocycles. The van der Waals surface area contributed by atoms with Gasteiger partial charge in [-0.3, -0.25) is 4.79 Å². The molecule has 4 nitrogen and oxygen atoms in total. The third-order valence-corrected chi connectivity index (χ3v) is 1.80. The Hall–Kier alpha value is -2.28. The van der Waals surface area contributed by atoms with Gasteiger partial charge in [-0.05, 0) is 20.8 Å². The lowest BCUT2D eigenvalue weighted by atomic mass is 10.2. The normalized spacial score (nSPS) is 8.65. The van der Waals surface area contributed by atoms with Crippen LogP contribution in [0.5, 0.6) is 0 Å². The fourth-order valence-electron chi connectivity index (χ4n) is 0.623. The Bertz CT molecular complexity index is 389. The Balaban J connectivity index is -0.000000211. The summed E-state index contributed by atoms with van der Waals surface area (Å²) < 4.78 is 3.86. The van der Waals surface area contributed by atoms with Crippen molar-refractivity contribution >= 4 is 6.47 Å². The number of nitrogens with two attached hydrogens (primary N) is 1. The molecule has 112 valence electrons. The van der Waals surface area contributed by atoms with Gasteiger partial charge in [0.2, 0.25) is 0 Å². The summed E-state index contributed by atoms with van der Waals surface area (Å²) in [4.78, 5) is 8.95. The summed E-state index contributed by atoms with van der Waals surface area (Å²) in [5.74, 6) is 0. The molecule has 1 aromatic rings. The van der Waals surface area contributed by atoms with Crippen LogP contribution in [0.3, 0.4) is 0 Å². The first-order chi connectivity index (χ1) is 9.49. The van der Waals surface area contributed by atoms with Crippen LogP contribution in [0.1, 0.15) is 33.3 Å². The zero-order valence-electron chi connectivity index (χ0n) is 13.3. The number of aryl methyl sites for hydroxylation is 1. The minimum atomic E-state index is 0.375. The van der Waals surface area contributed by atoms with Crippen molar-refractivity contribution in [3.63, 3.8) is 0 Å². The quantitative estimate of drug-likeness (QED) is 0.629. The second-order valence-corrected chi connectivity index (χ2v) is 3.41. The van der Waals surface area contributed by atoms with Gasteiger partial charge < -0.3 is 10.5 Å². The van der Waals surface area contributed by atoms with Crippen LogP contribution < -0.4 is 5.73 Å². The van der Waals surface area contributed by atoms with Crippen molar-refractivity contribution in [1.29, 1.82) is 5.26 Å². The molecule has 0 aliphatic heterocycles. The highest BCUT2D eigenvalue weighted by Crippen LogP contribution is 1.92. The van der Waals surface area contributed by atoms with Gasteiger partial charge in [0, 0.05) is 11.3 Å². The minimum absolute atomic E-state index is 0.375. The van der Waals surface area contributed by atoms with Crippen LogP contribution in [0.15, 0.2) is 41.6 Å². The number of hydrogen-bond donors (Lipinski definition) is 1. The molecule has 0 radical (unpaired) electrons. The average molecular weight is 278 g/mol. The molecule has 0 amide bonds. The van der Waals surface area contributed by atoms with Crippen LogP contribution in [0, 0.1) is 18.3 Å². The van der Waals surface area contributed by atoms with Crippen molar-refractivity contribution in [2.75, 3.05) is 7.11 Å². The summed E-state index contributed by atoms with van der Waals surface area (Å²) in [5, 5.41) is 8.12. The third-order valence-electron chi connectivity index (χ3n) is 1.80. The number of hydrogen-bond acceptors (Lipinski definition) is 4. The van der Waals surface area contributed by atoms with E-state index in [1.54, 1.807) is 13.8 Å². The number of carbonyl (C=O) groups is 1. The molecule has 20 heavy (non-hydrogen) atoms. The summed E-state index contributed by atoms with van der Waals surface area (Å²) in [5.41, 5.74) is 7.72. The molecule has 1 rings (SSSR count). The molecule has 0 heterocycles. The largest absolute Gasteiger partial charge is 0.471 e. The van der Waals surface area contributed by atoms with Gasteiger partial charge in [0.25, 0.3) is 6.47 Å². The maximum atomic E-state index is 8.95. The fraction of sp³-hybridized carbons (Fsp3) is 0.375. The van der Waals surface area contributed by atoms with E-state index in [-0.39, 0.29) is 0 Å². The van der Waals surface area contributed by atoms with E-state index in [2.05, 4.69) is 23.8 Å². The maximum Gasteiger partial charge on any atom is 0.292 e. The summed E-state index contributed by atoms with van der Waals surface area (Å²) >= 11 is 0. The molecule has 0 aliphatic rings. The van der Waals surface area contributed by atoms with Gasteiger partial charge >= 0.3 is 0 Å². The first-order valence-corrected chi connectivity index (χ1v) is 6.30. The molecule has 0 unspecified atom stereocenters. The number of methoxy groups -OCH3 is 1. The smallest absolute Gasteiger partial charge is 0.292 e. The first-order valence-electron chi connectivity index (χ1n) is 6.30. The molecular formula is C16H26N2O2. The fourth-order valence-corrected chi connectivity index (χ4v) is 0.623. The van der Waals surface area contributed by atoms with E-state index in [1.165, 1.54) is 12.7 Å². The van der Waals surface area contributed by atoms with Crippen molar-refractivity contribution in [3.05, 3.63) is 47.2 Å². The lowest BCUT2D eigenvalue weighted by molar-refractivity contribution is -0.126. The summed E-state index contributed by atoms with van der Waals surface area (Å²) in [6.45, 7) is 9.86. The Labute approximate surface area is 122 Å². The van der Waals surface area contributed by atoms with Crippen LogP contribution in [-0.2, 0) is 9.53 Å². The Morgan fingerprint density at radius 3 is 1.75 bits per heavy atom. The average Bonchev–Trinajstić information content (AvgIpc) is 2.50. The van der Waals surface area contributed by atoms with Crippen molar-refractivity contribution in [1.82, 2.24) is 0 Å². The number of ether oxygens (including phenoxy) is 1. The molecule has 0 bridgehead atoms. The lowest BCUT2D eigenvalue weighted by Gasteiger charge is -1.85. The molecular weight excluding hydrogens is 252 g/mol. The van der Waals surface area contributed by atoms with Crippen molar-refractivity contribution < 1.29 is 9.53 Å². The van der Waals surface area contributed by atoms with Crippen molar-refractivity contribution in [2.24, 2.45) is 5.73 Å². The molecule has 1 aromatic carbocycles. The van der Waals surface area contributed by atoms with Crippen LogP contribution in [0.25, 0.3) is 0 Å². The van der Waals surface area contributed by atoms with E-state index in [9.17, 15) is 0 Å². The van der Waals surface area contributed by atoms with Gasteiger partial charge in [0.05, 0.1) is 13.2 Å². The molecule has 0 aromatic heterocycles. The number of nitrogens with zero attached hydrogens (tertiary/aromatic N) is 1. The lowest BCUT2D eigenvalue weighted by Crippen LogP contribution is -1.92. The van der Waals surface area contributed by atoms with Crippen molar-refractivity contribution in [3.8, 4) is 6.07 Å². The monoisotopic (exact) mass is 278 g/mol. The standard InChI is InChI=1S/C7H8.C5H8N2.C2H4O2.C2H6/c1-7-5-3-2-4-6-7;1-4(3-6)5(2)7;1-4-2-3;1-2/h2-6H,1H3;7H2,1-2H3;2H,1H3;1-2H3/b;5-4-;;. The number of allylic oxidation sites excluding steroid dienone is 2. The molecule has 2 N–H and O–H groups in total. The second-order valence-electron chi connectivity index (χ2n) is 3.41. The van der Waals surface area contributed by atoms with Crippen LogP contribution in [0.2, 0.25) is 0 Å². The van der Waals surface area contributed by atoms with Crippen molar-refractivity contribution in [2.45, 2.75) is 34.6 Å². The summed E-state index contributed by atoms with van der Waals surface area (Å²) in [6.07, 6.45) is 0.